The molecular weight excluding hydrogens is 447 g/mol. The van der Waals surface area contributed by atoms with Gasteiger partial charge in [-0.05, 0) is 24.3 Å². The number of halogens is 3. The molecule has 0 spiro atoms. The Kier molecular flexibility index (Phi) is 6.96. The molecule has 1 unspecified atom stereocenters. The van der Waals surface area contributed by atoms with Crippen molar-refractivity contribution in [3.05, 3.63) is 77.5 Å². The fourth-order valence-corrected chi connectivity index (χ4v) is 2.62. The Balaban J connectivity index is 0.000000383. The number of aliphatic carboxylic acids is 1. The molecule has 2 aromatic heterocycles. The lowest BCUT2D eigenvalue weighted by atomic mass is 10.2. The van der Waals surface area contributed by atoms with E-state index in [2.05, 4.69) is 10.3 Å². The van der Waals surface area contributed by atoms with Gasteiger partial charge in [-0.1, -0.05) is 12.1 Å². The Morgan fingerprint density at radius 2 is 1.73 bits per heavy atom. The number of pyridine rings is 2. The van der Waals surface area contributed by atoms with Gasteiger partial charge in [-0.15, -0.1) is 0 Å². The molecule has 0 radical (unpaired) electrons. The SMILES string of the molecule is O=C(Nc1cn(-c2ccncc2)ccc1=O)C1COc2ccccc2O1.O=C(O)C(F)(F)F. The van der Waals surface area contributed by atoms with Gasteiger partial charge in [-0.2, -0.15) is 13.2 Å². The van der Waals surface area contributed by atoms with E-state index in [-0.39, 0.29) is 17.7 Å². The topological polar surface area (TPSA) is 120 Å². The number of carboxylic acids is 1. The molecule has 1 atom stereocenters. The molecular formula is C21H16F3N3O6. The van der Waals surface area contributed by atoms with Gasteiger partial charge in [0.15, 0.2) is 11.5 Å². The molecule has 0 saturated carbocycles. The summed E-state index contributed by atoms with van der Waals surface area (Å²) in [5.41, 5.74) is 0.694. The van der Waals surface area contributed by atoms with Gasteiger partial charge in [-0.25, -0.2) is 4.79 Å². The molecule has 0 bridgehead atoms. The van der Waals surface area contributed by atoms with Crippen LogP contribution >= 0.6 is 0 Å². The zero-order valence-corrected chi connectivity index (χ0v) is 16.7. The number of ether oxygens (including phenoxy) is 2. The van der Waals surface area contributed by atoms with E-state index in [0.29, 0.717) is 11.5 Å². The summed E-state index contributed by atoms with van der Waals surface area (Å²) in [6, 6.07) is 12.1. The van der Waals surface area contributed by atoms with E-state index in [1.165, 1.54) is 6.07 Å². The maximum Gasteiger partial charge on any atom is 0.490 e. The standard InChI is InChI=1S/C19H15N3O4.C2HF3O2/c23-15-7-10-22(13-5-8-20-9-6-13)11-14(15)21-19(24)18-12-25-16-3-1-2-4-17(16)26-18;3-2(4,5)1(6)7/h1-11,18H,12H2,(H,21,24);(H,6,7). The lowest BCUT2D eigenvalue weighted by Gasteiger charge is -2.25. The van der Waals surface area contributed by atoms with Crippen molar-refractivity contribution in [1.29, 1.82) is 0 Å². The molecule has 12 heteroatoms. The number of nitrogens with zero attached hydrogens (tertiary/aromatic N) is 2. The van der Waals surface area contributed by atoms with Crippen LogP contribution < -0.4 is 20.2 Å². The van der Waals surface area contributed by atoms with Gasteiger partial charge in [0.05, 0.1) is 0 Å². The average Bonchev–Trinajstić information content (AvgIpc) is 2.80. The molecule has 1 aliphatic heterocycles. The molecule has 4 rings (SSSR count). The number of carbonyl (C=O) groups is 2. The van der Waals surface area contributed by atoms with Crippen LogP contribution in [0, 0.1) is 0 Å². The van der Waals surface area contributed by atoms with Crippen LogP contribution in [0.25, 0.3) is 5.69 Å². The molecule has 9 nitrogen and oxygen atoms in total. The average molecular weight is 463 g/mol. The van der Waals surface area contributed by atoms with Crippen LogP contribution in [0.4, 0.5) is 18.9 Å². The smallest absolute Gasteiger partial charge is 0.485 e. The van der Waals surface area contributed by atoms with Crippen LogP contribution in [0.2, 0.25) is 0 Å². The molecule has 1 aromatic carbocycles. The van der Waals surface area contributed by atoms with Crippen molar-refractivity contribution in [2.75, 3.05) is 11.9 Å². The summed E-state index contributed by atoms with van der Waals surface area (Å²) < 4.78 is 44.7. The Morgan fingerprint density at radius 1 is 1.09 bits per heavy atom. The first-order valence-corrected chi connectivity index (χ1v) is 9.27. The Bertz CT molecular complexity index is 1200. The number of rotatable bonds is 3. The number of hydrogen-bond acceptors (Lipinski definition) is 6. The highest BCUT2D eigenvalue weighted by atomic mass is 19.4. The fourth-order valence-electron chi connectivity index (χ4n) is 2.62. The number of benzene rings is 1. The number of carboxylic acid groups (broad SMARTS) is 1. The fraction of sp³-hybridized carbons (Fsp3) is 0.143. The van der Waals surface area contributed by atoms with Crippen LogP contribution in [0.3, 0.4) is 0 Å². The first kappa shape index (κ1) is 23.3. The molecule has 1 amide bonds. The summed E-state index contributed by atoms with van der Waals surface area (Å²) in [5, 5.41) is 9.75. The number of anilines is 1. The van der Waals surface area contributed by atoms with Gasteiger partial charge in [-0.3, -0.25) is 14.6 Å². The molecule has 0 saturated heterocycles. The van der Waals surface area contributed by atoms with Crippen molar-refractivity contribution in [2.24, 2.45) is 0 Å². The van der Waals surface area contributed by atoms with Crippen LogP contribution in [0.15, 0.2) is 72.0 Å². The van der Waals surface area contributed by atoms with Crippen LogP contribution in [0.1, 0.15) is 0 Å². The number of nitrogens with one attached hydrogen (secondary N) is 1. The van der Waals surface area contributed by atoms with E-state index in [1.54, 1.807) is 59.7 Å². The third-order valence-corrected chi connectivity index (χ3v) is 4.18. The highest BCUT2D eigenvalue weighted by Gasteiger charge is 2.38. The van der Waals surface area contributed by atoms with E-state index in [9.17, 15) is 22.8 Å². The summed E-state index contributed by atoms with van der Waals surface area (Å²) >= 11 is 0. The van der Waals surface area contributed by atoms with Crippen molar-refractivity contribution in [1.82, 2.24) is 9.55 Å². The lowest BCUT2D eigenvalue weighted by Crippen LogP contribution is -2.41. The largest absolute Gasteiger partial charge is 0.490 e. The van der Waals surface area contributed by atoms with Gasteiger partial charge in [0.2, 0.25) is 11.5 Å². The molecule has 33 heavy (non-hydrogen) atoms. The van der Waals surface area contributed by atoms with Gasteiger partial charge in [0.1, 0.15) is 12.3 Å². The maximum atomic E-state index is 12.5. The van der Waals surface area contributed by atoms with E-state index in [1.807, 2.05) is 6.07 Å². The van der Waals surface area contributed by atoms with Crippen molar-refractivity contribution in [2.45, 2.75) is 12.3 Å². The molecule has 172 valence electrons. The van der Waals surface area contributed by atoms with Crippen molar-refractivity contribution in [3.63, 3.8) is 0 Å². The normalized spacial score (nSPS) is 14.5. The van der Waals surface area contributed by atoms with E-state index in [4.69, 9.17) is 19.4 Å². The third kappa shape index (κ3) is 6.09. The molecule has 1 aliphatic rings. The molecule has 0 fully saturated rings. The quantitative estimate of drug-likeness (QED) is 0.613. The second-order valence-corrected chi connectivity index (χ2v) is 6.49. The highest BCUT2D eigenvalue weighted by molar-refractivity contribution is 5.94. The minimum Gasteiger partial charge on any atom is -0.485 e. The number of para-hydroxylation sites is 2. The Hall–Kier alpha value is -4.35. The molecule has 0 aliphatic carbocycles. The van der Waals surface area contributed by atoms with E-state index < -0.39 is 24.2 Å². The van der Waals surface area contributed by atoms with Crippen LogP contribution in [0.5, 0.6) is 11.5 Å². The molecule has 3 aromatic rings. The van der Waals surface area contributed by atoms with Gasteiger partial charge in [0.25, 0.3) is 5.91 Å². The first-order chi connectivity index (χ1) is 15.6. The predicted molar refractivity (Wildman–Crippen MR) is 109 cm³/mol. The zero-order valence-electron chi connectivity index (χ0n) is 16.7. The number of alkyl halides is 3. The summed E-state index contributed by atoms with van der Waals surface area (Å²) in [6.45, 7) is 0.0776. The zero-order chi connectivity index (χ0) is 24.0. The minimum absolute atomic E-state index is 0.0776. The van der Waals surface area contributed by atoms with E-state index in [0.717, 1.165) is 5.69 Å². The number of amides is 1. The summed E-state index contributed by atoms with van der Waals surface area (Å²) in [6.07, 6.45) is 0.572. The number of hydrogen-bond donors (Lipinski definition) is 2. The first-order valence-electron chi connectivity index (χ1n) is 9.27. The van der Waals surface area contributed by atoms with Gasteiger partial charge >= 0.3 is 12.1 Å². The predicted octanol–water partition coefficient (Wildman–Crippen LogP) is 2.64. The van der Waals surface area contributed by atoms with E-state index >= 15 is 0 Å². The summed E-state index contributed by atoms with van der Waals surface area (Å²) in [4.78, 5) is 37.5. The lowest BCUT2D eigenvalue weighted by molar-refractivity contribution is -0.192. The second-order valence-electron chi connectivity index (χ2n) is 6.49. The third-order valence-electron chi connectivity index (χ3n) is 4.18. The van der Waals surface area contributed by atoms with Crippen LogP contribution in [-0.4, -0.2) is 45.4 Å². The summed E-state index contributed by atoms with van der Waals surface area (Å²) in [5.74, 6) is -2.10. The summed E-state index contributed by atoms with van der Waals surface area (Å²) in [7, 11) is 0. The van der Waals surface area contributed by atoms with Gasteiger partial charge in [0, 0.05) is 36.5 Å². The van der Waals surface area contributed by atoms with Crippen LogP contribution in [-0.2, 0) is 9.59 Å². The number of aromatic nitrogens is 2. The number of carbonyl (C=O) groups excluding carboxylic acids is 1. The Labute approximate surface area is 184 Å². The van der Waals surface area contributed by atoms with Crippen molar-refractivity contribution >= 4 is 17.6 Å². The van der Waals surface area contributed by atoms with Crippen molar-refractivity contribution < 1.29 is 37.3 Å². The minimum atomic E-state index is -5.08. The highest BCUT2D eigenvalue weighted by Crippen LogP contribution is 2.31. The van der Waals surface area contributed by atoms with Gasteiger partial charge < -0.3 is 24.5 Å². The van der Waals surface area contributed by atoms with Crippen molar-refractivity contribution in [3.8, 4) is 17.2 Å². The Morgan fingerprint density at radius 3 is 2.36 bits per heavy atom. The molecule has 3 heterocycles. The maximum absolute atomic E-state index is 12.5. The number of fused-ring (bicyclic) bond motifs is 1. The second kappa shape index (κ2) is 9.85. The monoisotopic (exact) mass is 463 g/mol. The molecule has 2 N–H and O–H groups in total.